The van der Waals surface area contributed by atoms with Gasteiger partial charge in [-0.15, -0.1) is 0 Å². The second-order valence-electron chi connectivity index (χ2n) is 18.1. The molecule has 2 bridgehead atoms. The zero-order valence-corrected chi connectivity index (χ0v) is 30.7. The van der Waals surface area contributed by atoms with Crippen molar-refractivity contribution in [3.8, 4) is 11.1 Å². The molecule has 50 heavy (non-hydrogen) atoms. The van der Waals surface area contributed by atoms with Crippen LogP contribution in [0.4, 0.5) is 17.1 Å². The van der Waals surface area contributed by atoms with Gasteiger partial charge in [-0.2, -0.15) is 0 Å². The first kappa shape index (κ1) is 29.9. The number of fused-ring (bicyclic) bond motifs is 8. The van der Waals surface area contributed by atoms with Gasteiger partial charge >= 0.3 is 0 Å². The van der Waals surface area contributed by atoms with Crippen LogP contribution in [-0.4, -0.2) is 0 Å². The summed E-state index contributed by atoms with van der Waals surface area (Å²) in [5.41, 5.74) is 13.9. The van der Waals surface area contributed by atoms with Crippen LogP contribution in [0.5, 0.6) is 0 Å². The van der Waals surface area contributed by atoms with Crippen molar-refractivity contribution in [2.24, 2.45) is 29.1 Å². The Labute approximate surface area is 302 Å². The summed E-state index contributed by atoms with van der Waals surface area (Å²) in [5.74, 6) is 3.54. The largest absolute Gasteiger partial charge is 0.310 e. The van der Waals surface area contributed by atoms with Crippen molar-refractivity contribution in [2.75, 3.05) is 4.90 Å². The molecule has 0 N–H and O–H groups in total. The summed E-state index contributed by atoms with van der Waals surface area (Å²) in [6, 6.07) is 44.5. The minimum atomic E-state index is 0.158. The molecule has 2 spiro atoms. The van der Waals surface area contributed by atoms with Crippen LogP contribution < -0.4 is 4.90 Å². The van der Waals surface area contributed by atoms with E-state index in [0.717, 1.165) is 23.7 Å². The van der Waals surface area contributed by atoms with Crippen LogP contribution in [0, 0.1) is 29.1 Å². The van der Waals surface area contributed by atoms with Crippen LogP contribution in [0.15, 0.2) is 125 Å². The van der Waals surface area contributed by atoms with Gasteiger partial charge in [0, 0.05) is 32.3 Å². The number of rotatable bonds is 4. The Morgan fingerprint density at radius 3 is 2.06 bits per heavy atom. The smallest absolute Gasteiger partial charge is 0.0464 e. The van der Waals surface area contributed by atoms with Crippen molar-refractivity contribution in [1.82, 2.24) is 0 Å². The van der Waals surface area contributed by atoms with Crippen molar-refractivity contribution in [3.05, 3.63) is 138 Å². The average Bonchev–Trinajstić information content (AvgIpc) is 3.66. The van der Waals surface area contributed by atoms with Gasteiger partial charge in [0.05, 0.1) is 0 Å². The van der Waals surface area contributed by atoms with Gasteiger partial charge < -0.3 is 4.90 Å². The van der Waals surface area contributed by atoms with Crippen molar-refractivity contribution in [2.45, 2.75) is 92.3 Å². The van der Waals surface area contributed by atoms with Crippen molar-refractivity contribution < 1.29 is 0 Å². The molecule has 6 aliphatic rings. The Balaban J connectivity index is 1.04. The van der Waals surface area contributed by atoms with E-state index in [2.05, 4.69) is 148 Å². The number of nitrogens with zero attached hydrogens (tertiary/aromatic N) is 1. The normalized spacial score (nSPS) is 31.1. The Morgan fingerprint density at radius 2 is 1.26 bits per heavy atom. The summed E-state index contributed by atoms with van der Waals surface area (Å²) in [4.78, 5) is 5.47. The average molecular weight is 670 g/mol. The van der Waals surface area contributed by atoms with Gasteiger partial charge in [-0.05, 0) is 160 Å². The summed E-state index contributed by atoms with van der Waals surface area (Å²) in [6.45, 7) is 9.70. The van der Waals surface area contributed by atoms with Gasteiger partial charge in [0.25, 0.3) is 0 Å². The molecule has 11 rings (SSSR count). The molecule has 2 heteroatoms. The molecule has 0 amide bonds. The lowest BCUT2D eigenvalue weighted by Gasteiger charge is -2.78. The monoisotopic (exact) mass is 669 g/mol. The van der Waals surface area contributed by atoms with Crippen LogP contribution in [-0.2, 0) is 16.2 Å². The highest BCUT2D eigenvalue weighted by Gasteiger charge is 2.84. The van der Waals surface area contributed by atoms with Gasteiger partial charge in [-0.3, -0.25) is 0 Å². The molecule has 6 atom stereocenters. The molecule has 1 heterocycles. The van der Waals surface area contributed by atoms with E-state index >= 15 is 0 Å². The van der Waals surface area contributed by atoms with Crippen molar-refractivity contribution in [1.29, 1.82) is 0 Å². The molecule has 1 aliphatic heterocycles. The minimum Gasteiger partial charge on any atom is -0.310 e. The summed E-state index contributed by atoms with van der Waals surface area (Å²) in [7, 11) is 0. The molecule has 4 fully saturated rings. The van der Waals surface area contributed by atoms with Gasteiger partial charge in [-0.25, -0.2) is 0 Å². The Kier molecular flexibility index (Phi) is 5.97. The third-order valence-corrected chi connectivity index (χ3v) is 16.2. The van der Waals surface area contributed by atoms with E-state index in [0.29, 0.717) is 5.41 Å². The molecule has 0 saturated heterocycles. The molecule has 0 aromatic heterocycles. The minimum absolute atomic E-state index is 0.158. The molecule has 4 saturated carbocycles. The summed E-state index contributed by atoms with van der Waals surface area (Å²) in [5, 5.41) is 0. The third-order valence-electron chi connectivity index (χ3n) is 15.0. The van der Waals surface area contributed by atoms with Gasteiger partial charge in [0.1, 0.15) is 0 Å². The first-order valence-corrected chi connectivity index (χ1v) is 20.0. The maximum atomic E-state index is 2.51. The van der Waals surface area contributed by atoms with E-state index < -0.39 is 0 Å². The van der Waals surface area contributed by atoms with Gasteiger partial charge in [0.15, 0.2) is 0 Å². The zero-order chi connectivity index (χ0) is 33.6. The fourth-order valence-electron chi connectivity index (χ4n) is 12.9. The molecular formula is C48H47NS. The SMILES string of the molecule is CC1(C)CCC(C)(C)c2cc(N(c3ccccc3)c3ccc(-c4cccc5c4C4(c6ccccc6S5)C5CC6CC7CC4C75C6)cc3)ccc21. The van der Waals surface area contributed by atoms with Crippen molar-refractivity contribution in [3.63, 3.8) is 0 Å². The number of para-hydroxylation sites is 1. The summed E-state index contributed by atoms with van der Waals surface area (Å²) in [6.07, 6.45) is 8.31. The van der Waals surface area contributed by atoms with E-state index in [4.69, 9.17) is 0 Å². The van der Waals surface area contributed by atoms with E-state index in [1.165, 1.54) is 87.6 Å². The molecule has 250 valence electrons. The highest BCUT2D eigenvalue weighted by atomic mass is 32.2. The second-order valence-corrected chi connectivity index (χ2v) is 19.1. The predicted molar refractivity (Wildman–Crippen MR) is 208 cm³/mol. The fourth-order valence-corrected chi connectivity index (χ4v) is 14.2. The standard InChI is InChI=1S/C48H47NS/c1-45(2)23-24-46(3,4)39-28-35(21-22-37(39)45)49(33-11-6-5-7-12-33)34-19-17-31(18-20-34)36-13-10-16-41-44(36)48(38-14-8-9-15-40(38)50-41)42-26-30-25-32-27-43(48)47(32,42)29-30/h5-22,28,30,32,42-43H,23-27,29H2,1-4H3. The lowest BCUT2D eigenvalue weighted by molar-refractivity contribution is -0.234. The molecule has 5 aliphatic carbocycles. The fraction of sp³-hybridized carbons (Fsp3) is 0.375. The van der Waals surface area contributed by atoms with E-state index in [-0.39, 0.29) is 16.2 Å². The Bertz CT molecular complexity index is 2200. The summed E-state index contributed by atoms with van der Waals surface area (Å²) >= 11 is 2.02. The number of hydrogen-bond acceptors (Lipinski definition) is 2. The van der Waals surface area contributed by atoms with Crippen molar-refractivity contribution >= 4 is 28.8 Å². The van der Waals surface area contributed by atoms with Crippen LogP contribution in [0.25, 0.3) is 11.1 Å². The number of hydrogen-bond donors (Lipinski definition) is 0. The lowest BCUT2D eigenvalue weighted by atomic mass is 9.26. The lowest BCUT2D eigenvalue weighted by Crippen LogP contribution is -2.74. The quantitative estimate of drug-likeness (QED) is 0.187. The topological polar surface area (TPSA) is 3.24 Å². The third kappa shape index (κ3) is 3.67. The van der Waals surface area contributed by atoms with Gasteiger partial charge in [-0.1, -0.05) is 106 Å². The van der Waals surface area contributed by atoms with Crippen LogP contribution in [0.1, 0.15) is 88.5 Å². The highest BCUT2D eigenvalue weighted by molar-refractivity contribution is 7.99. The maximum Gasteiger partial charge on any atom is 0.0464 e. The van der Waals surface area contributed by atoms with E-state index in [1.54, 1.807) is 11.1 Å². The predicted octanol–water partition coefficient (Wildman–Crippen LogP) is 13.0. The zero-order valence-electron chi connectivity index (χ0n) is 29.9. The van der Waals surface area contributed by atoms with Crippen LogP contribution in [0.3, 0.4) is 0 Å². The Morgan fingerprint density at radius 1 is 0.580 bits per heavy atom. The molecular weight excluding hydrogens is 623 g/mol. The second kappa shape index (κ2) is 9.97. The van der Waals surface area contributed by atoms with Gasteiger partial charge in [0.2, 0.25) is 0 Å². The van der Waals surface area contributed by atoms with E-state index in [1.807, 2.05) is 11.8 Å². The van der Waals surface area contributed by atoms with E-state index in [9.17, 15) is 0 Å². The molecule has 5 aromatic carbocycles. The van der Waals surface area contributed by atoms with Crippen LogP contribution in [0.2, 0.25) is 0 Å². The van der Waals surface area contributed by atoms with Crippen LogP contribution >= 0.6 is 11.8 Å². The number of benzene rings is 5. The Hall–Kier alpha value is -3.75. The highest BCUT2D eigenvalue weighted by Crippen LogP contribution is 2.89. The summed E-state index contributed by atoms with van der Waals surface area (Å²) < 4.78 is 0. The first-order valence-electron chi connectivity index (χ1n) is 19.2. The molecule has 1 nitrogen and oxygen atoms in total. The maximum absolute atomic E-state index is 2.51. The molecule has 6 unspecified atom stereocenters. The molecule has 0 radical (unpaired) electrons. The molecule has 5 aromatic rings. The first-order chi connectivity index (χ1) is 24.2. The number of anilines is 3.